The quantitative estimate of drug-likeness (QED) is 0.435. The number of ether oxygens (including phenoxy) is 1. The van der Waals surface area contributed by atoms with Gasteiger partial charge in [0.25, 0.3) is 0 Å². The van der Waals surface area contributed by atoms with Crippen LogP contribution in [0.5, 0.6) is 0 Å². The Morgan fingerprint density at radius 2 is 1.71 bits per heavy atom. The standard InChI is InChI=1S/C4H10OS2/c1-3(2)5-4(6)7/h3-4,6-7H,1-2H3. The van der Waals surface area contributed by atoms with Crippen molar-refractivity contribution in [2.75, 3.05) is 0 Å². The van der Waals surface area contributed by atoms with Crippen molar-refractivity contribution in [2.45, 2.75) is 24.7 Å². The van der Waals surface area contributed by atoms with Gasteiger partial charge in [-0.15, -0.1) is 25.3 Å². The lowest BCUT2D eigenvalue weighted by Gasteiger charge is -2.07. The molecule has 1 nitrogen and oxygen atoms in total. The first-order valence-electron chi connectivity index (χ1n) is 2.14. The van der Waals surface area contributed by atoms with Crippen LogP contribution in [0, 0.1) is 0 Å². The molecule has 0 unspecified atom stereocenters. The number of hydrogen-bond donors (Lipinski definition) is 2. The predicted octanol–water partition coefficient (Wildman–Crippen LogP) is 1.55. The molecule has 0 bridgehead atoms. The summed E-state index contributed by atoms with van der Waals surface area (Å²) in [6, 6.07) is 0. The molecule has 0 saturated carbocycles. The van der Waals surface area contributed by atoms with Crippen molar-refractivity contribution in [1.82, 2.24) is 0 Å². The van der Waals surface area contributed by atoms with E-state index in [1.807, 2.05) is 13.8 Å². The van der Waals surface area contributed by atoms with Gasteiger partial charge >= 0.3 is 0 Å². The van der Waals surface area contributed by atoms with Gasteiger partial charge in [-0.05, 0) is 13.8 Å². The maximum absolute atomic E-state index is 4.98. The van der Waals surface area contributed by atoms with Gasteiger partial charge < -0.3 is 4.74 Å². The zero-order chi connectivity index (χ0) is 5.86. The first-order chi connectivity index (χ1) is 3.13. The van der Waals surface area contributed by atoms with Gasteiger partial charge in [-0.25, -0.2) is 0 Å². The zero-order valence-electron chi connectivity index (χ0n) is 4.46. The van der Waals surface area contributed by atoms with Crippen LogP contribution in [-0.2, 0) is 4.74 Å². The smallest absolute Gasteiger partial charge is 0.144 e. The molecule has 0 heterocycles. The van der Waals surface area contributed by atoms with Crippen LogP contribution >= 0.6 is 25.3 Å². The van der Waals surface area contributed by atoms with E-state index in [9.17, 15) is 0 Å². The van der Waals surface area contributed by atoms with Crippen LogP contribution in [-0.4, -0.2) is 10.9 Å². The minimum atomic E-state index is -0.236. The van der Waals surface area contributed by atoms with Gasteiger partial charge in [-0.3, -0.25) is 0 Å². The molecule has 0 aromatic rings. The summed E-state index contributed by atoms with van der Waals surface area (Å²) in [5, 5.41) is 0. The van der Waals surface area contributed by atoms with Gasteiger partial charge in [0.2, 0.25) is 0 Å². The lowest BCUT2D eigenvalue weighted by molar-refractivity contribution is 0.105. The summed E-state index contributed by atoms with van der Waals surface area (Å²) in [5.74, 6) is 0. The van der Waals surface area contributed by atoms with E-state index in [1.54, 1.807) is 0 Å². The van der Waals surface area contributed by atoms with Gasteiger partial charge in [0.1, 0.15) is 4.77 Å². The van der Waals surface area contributed by atoms with Gasteiger partial charge in [-0.1, -0.05) is 0 Å². The highest BCUT2D eigenvalue weighted by molar-refractivity contribution is 7.98. The predicted molar refractivity (Wildman–Crippen MR) is 38.0 cm³/mol. The molecule has 3 heteroatoms. The monoisotopic (exact) mass is 138 g/mol. The second-order valence-electron chi connectivity index (χ2n) is 1.51. The molecular formula is C4H10OS2. The van der Waals surface area contributed by atoms with Gasteiger partial charge in [-0.2, -0.15) is 0 Å². The van der Waals surface area contributed by atoms with Crippen molar-refractivity contribution in [3.8, 4) is 0 Å². The Balaban J connectivity index is 2.95. The normalized spacial score (nSPS) is 11.1. The molecular weight excluding hydrogens is 128 g/mol. The third kappa shape index (κ3) is 6.66. The average Bonchev–Trinajstić information content (AvgIpc) is 1.27. The lowest BCUT2D eigenvalue weighted by Crippen LogP contribution is -2.05. The number of hydrogen-bond acceptors (Lipinski definition) is 3. The van der Waals surface area contributed by atoms with Crippen LogP contribution in [0.3, 0.4) is 0 Å². The number of thiol groups is 2. The van der Waals surface area contributed by atoms with E-state index in [-0.39, 0.29) is 10.9 Å². The Labute approximate surface area is 55.3 Å². The Hall–Kier alpha value is 0.660. The topological polar surface area (TPSA) is 9.23 Å². The first kappa shape index (κ1) is 7.66. The van der Waals surface area contributed by atoms with Crippen molar-refractivity contribution in [2.24, 2.45) is 0 Å². The fourth-order valence-electron chi connectivity index (χ4n) is 0.243. The SMILES string of the molecule is CC(C)OC(S)S. The second-order valence-corrected chi connectivity index (χ2v) is 2.86. The largest absolute Gasteiger partial charge is 0.355 e. The van der Waals surface area contributed by atoms with Crippen molar-refractivity contribution < 1.29 is 4.74 Å². The molecule has 0 aromatic heterocycles. The minimum absolute atomic E-state index is 0.222. The van der Waals surface area contributed by atoms with E-state index in [4.69, 9.17) is 4.74 Å². The lowest BCUT2D eigenvalue weighted by atomic mass is 10.5. The molecule has 0 aliphatic rings. The molecule has 0 saturated heterocycles. The molecule has 7 heavy (non-hydrogen) atoms. The Morgan fingerprint density at radius 1 is 1.29 bits per heavy atom. The van der Waals surface area contributed by atoms with Crippen molar-refractivity contribution in [1.29, 1.82) is 0 Å². The fourth-order valence-corrected chi connectivity index (χ4v) is 0.730. The van der Waals surface area contributed by atoms with Crippen molar-refractivity contribution in [3.63, 3.8) is 0 Å². The Bertz CT molecular complexity index is 39.0. The highest BCUT2D eigenvalue weighted by atomic mass is 32.2. The molecule has 0 atom stereocenters. The second kappa shape index (κ2) is 3.64. The highest BCUT2D eigenvalue weighted by Gasteiger charge is 1.95. The van der Waals surface area contributed by atoms with E-state index in [1.165, 1.54) is 0 Å². The van der Waals surface area contributed by atoms with Gasteiger partial charge in [0, 0.05) is 0 Å². The summed E-state index contributed by atoms with van der Waals surface area (Å²) in [4.78, 5) is 0. The Morgan fingerprint density at radius 3 is 1.71 bits per heavy atom. The zero-order valence-corrected chi connectivity index (χ0v) is 6.25. The molecule has 0 fully saturated rings. The van der Waals surface area contributed by atoms with E-state index in [0.717, 1.165) is 0 Å². The molecule has 0 rings (SSSR count). The molecule has 0 aromatic carbocycles. The van der Waals surface area contributed by atoms with Crippen LogP contribution in [0.4, 0.5) is 0 Å². The van der Waals surface area contributed by atoms with E-state index < -0.39 is 0 Å². The summed E-state index contributed by atoms with van der Waals surface area (Å²) in [6.45, 7) is 3.89. The maximum Gasteiger partial charge on any atom is 0.144 e. The summed E-state index contributed by atoms with van der Waals surface area (Å²) in [7, 11) is 0. The molecule has 0 radical (unpaired) electrons. The third-order valence-corrected chi connectivity index (χ3v) is 0.637. The third-order valence-electron chi connectivity index (χ3n) is 0.394. The van der Waals surface area contributed by atoms with Gasteiger partial charge in [0.15, 0.2) is 0 Å². The van der Waals surface area contributed by atoms with Crippen LogP contribution in [0.1, 0.15) is 13.8 Å². The summed E-state index contributed by atoms with van der Waals surface area (Å²) < 4.78 is 4.74. The Kier molecular flexibility index (Phi) is 3.98. The first-order valence-corrected chi connectivity index (χ1v) is 3.18. The molecule has 0 aliphatic heterocycles. The molecule has 44 valence electrons. The van der Waals surface area contributed by atoms with Crippen molar-refractivity contribution >= 4 is 25.3 Å². The molecule has 0 amide bonds. The maximum atomic E-state index is 4.98. The van der Waals surface area contributed by atoms with Gasteiger partial charge in [0.05, 0.1) is 6.10 Å². The molecule has 0 aliphatic carbocycles. The summed E-state index contributed by atoms with van der Waals surface area (Å²) in [6.07, 6.45) is 0.222. The highest BCUT2D eigenvalue weighted by Crippen LogP contribution is 2.04. The van der Waals surface area contributed by atoms with Crippen LogP contribution in [0.2, 0.25) is 0 Å². The minimum Gasteiger partial charge on any atom is -0.355 e. The molecule has 0 N–H and O–H groups in total. The van der Waals surface area contributed by atoms with Crippen molar-refractivity contribution in [3.05, 3.63) is 0 Å². The number of rotatable bonds is 2. The molecule has 0 spiro atoms. The summed E-state index contributed by atoms with van der Waals surface area (Å²) in [5.41, 5.74) is 0. The van der Waals surface area contributed by atoms with Crippen LogP contribution in [0.15, 0.2) is 0 Å². The van der Waals surface area contributed by atoms with E-state index in [0.29, 0.717) is 0 Å². The summed E-state index contributed by atoms with van der Waals surface area (Å²) >= 11 is 7.76. The average molecular weight is 138 g/mol. The van der Waals surface area contributed by atoms with Crippen LogP contribution < -0.4 is 0 Å². The van der Waals surface area contributed by atoms with Crippen LogP contribution in [0.25, 0.3) is 0 Å². The fraction of sp³-hybridized carbons (Fsp3) is 1.00. The van der Waals surface area contributed by atoms with E-state index in [2.05, 4.69) is 25.3 Å². The van der Waals surface area contributed by atoms with E-state index >= 15 is 0 Å².